The molecule has 0 radical (unpaired) electrons. The molecule has 134 valence electrons. The molecule has 0 bridgehead atoms. The Kier molecular flexibility index (Phi) is 5.69. The van der Waals surface area contributed by atoms with Gasteiger partial charge in [0.1, 0.15) is 5.82 Å². The maximum absolute atomic E-state index is 4.59. The van der Waals surface area contributed by atoms with E-state index in [1.165, 1.54) is 24.9 Å². The minimum atomic E-state index is 0.713. The van der Waals surface area contributed by atoms with Crippen molar-refractivity contribution in [3.8, 4) is 5.69 Å². The van der Waals surface area contributed by atoms with E-state index >= 15 is 0 Å². The van der Waals surface area contributed by atoms with Crippen molar-refractivity contribution < 1.29 is 0 Å². The quantitative estimate of drug-likeness (QED) is 0.778. The number of hydrogen-bond donors (Lipinski definition) is 2. The van der Waals surface area contributed by atoms with Gasteiger partial charge in [-0.1, -0.05) is 30.0 Å². The molecule has 0 amide bonds. The Balaban J connectivity index is 1.55. The minimum Gasteiger partial charge on any atom is -0.317 e. The van der Waals surface area contributed by atoms with Crippen molar-refractivity contribution in [3.63, 3.8) is 0 Å². The smallest absolute Gasteiger partial charge is 0.195 e. The fourth-order valence-electron chi connectivity index (χ4n) is 3.76. The largest absolute Gasteiger partial charge is 0.317 e. The number of rotatable bonds is 6. The van der Waals surface area contributed by atoms with Gasteiger partial charge in [-0.05, 0) is 69.4 Å². The van der Waals surface area contributed by atoms with E-state index in [0.29, 0.717) is 5.92 Å². The summed E-state index contributed by atoms with van der Waals surface area (Å²) in [6.45, 7) is 4.53. The first-order valence-electron chi connectivity index (χ1n) is 9.44. The Hall–Kier alpha value is -1.37. The number of nitrogens with zero attached hydrogens (tertiary/aromatic N) is 3. The summed E-state index contributed by atoms with van der Waals surface area (Å²) >= 11 is 1.86. The molecule has 2 saturated heterocycles. The van der Waals surface area contributed by atoms with Crippen LogP contribution < -0.4 is 10.6 Å². The van der Waals surface area contributed by atoms with Crippen LogP contribution in [0, 0.1) is 11.8 Å². The molecular weight excluding hydrogens is 330 g/mol. The molecule has 1 atom stereocenters. The van der Waals surface area contributed by atoms with Gasteiger partial charge in [0.05, 0.1) is 0 Å². The number of hydrogen-bond acceptors (Lipinski definition) is 5. The Labute approximate surface area is 154 Å². The first-order valence-corrected chi connectivity index (χ1v) is 10.4. The molecule has 25 heavy (non-hydrogen) atoms. The van der Waals surface area contributed by atoms with Gasteiger partial charge >= 0.3 is 0 Å². The van der Waals surface area contributed by atoms with Crippen LogP contribution in [0.5, 0.6) is 0 Å². The molecule has 1 aromatic carbocycles. The SMILES string of the molecule is c1ccc(-n2c(CC3CCNCC3)nnc2SC[C@H]2CCNC2)cc1. The van der Waals surface area contributed by atoms with Gasteiger partial charge in [-0.3, -0.25) is 4.57 Å². The number of benzene rings is 1. The first kappa shape index (κ1) is 17.1. The van der Waals surface area contributed by atoms with Crippen molar-refractivity contribution in [3.05, 3.63) is 36.2 Å². The Morgan fingerprint density at radius 2 is 1.72 bits per heavy atom. The molecule has 6 heteroatoms. The summed E-state index contributed by atoms with van der Waals surface area (Å²) in [6.07, 6.45) is 4.76. The predicted molar refractivity (Wildman–Crippen MR) is 102 cm³/mol. The van der Waals surface area contributed by atoms with E-state index in [2.05, 4.69) is 55.7 Å². The Bertz CT molecular complexity index is 660. The van der Waals surface area contributed by atoms with Crippen LogP contribution in [0.4, 0.5) is 0 Å². The third-order valence-corrected chi connectivity index (χ3v) is 6.42. The standard InChI is InChI=1S/C19H27N5S/c1-2-4-17(5-3-1)24-18(12-15-6-9-20-10-7-15)22-23-19(24)25-14-16-8-11-21-13-16/h1-5,15-16,20-21H,6-14H2/t16-/m0/s1. The number of thioether (sulfide) groups is 1. The van der Waals surface area contributed by atoms with Gasteiger partial charge in [0.15, 0.2) is 5.16 Å². The van der Waals surface area contributed by atoms with Gasteiger partial charge in [0.2, 0.25) is 0 Å². The molecule has 1 aromatic heterocycles. The van der Waals surface area contributed by atoms with E-state index in [0.717, 1.165) is 55.3 Å². The molecule has 0 spiro atoms. The van der Waals surface area contributed by atoms with Crippen LogP contribution in [0.3, 0.4) is 0 Å². The van der Waals surface area contributed by atoms with Crippen LogP contribution in [0.25, 0.3) is 5.69 Å². The Morgan fingerprint density at radius 1 is 0.960 bits per heavy atom. The van der Waals surface area contributed by atoms with E-state index in [-0.39, 0.29) is 0 Å². The van der Waals surface area contributed by atoms with Gasteiger partial charge < -0.3 is 10.6 Å². The molecule has 2 N–H and O–H groups in total. The summed E-state index contributed by atoms with van der Waals surface area (Å²) in [5, 5.41) is 17.1. The van der Waals surface area contributed by atoms with E-state index in [4.69, 9.17) is 0 Å². The summed E-state index contributed by atoms with van der Waals surface area (Å²) in [5.74, 6) is 3.69. The zero-order valence-corrected chi connectivity index (χ0v) is 15.5. The maximum Gasteiger partial charge on any atom is 0.195 e. The summed E-state index contributed by atoms with van der Waals surface area (Å²) < 4.78 is 2.29. The van der Waals surface area contributed by atoms with E-state index in [1.807, 2.05) is 11.8 Å². The van der Waals surface area contributed by atoms with Gasteiger partial charge in [0, 0.05) is 17.9 Å². The third kappa shape index (κ3) is 4.25. The maximum atomic E-state index is 4.59. The molecule has 2 aliphatic rings. The van der Waals surface area contributed by atoms with Crippen LogP contribution in [-0.4, -0.2) is 46.7 Å². The van der Waals surface area contributed by atoms with Crippen LogP contribution in [0.15, 0.2) is 35.5 Å². The second-order valence-corrected chi connectivity index (χ2v) is 8.12. The number of piperidine rings is 1. The highest BCUT2D eigenvalue weighted by molar-refractivity contribution is 7.99. The third-order valence-electron chi connectivity index (χ3n) is 5.26. The zero-order valence-electron chi connectivity index (χ0n) is 14.7. The lowest BCUT2D eigenvalue weighted by Gasteiger charge is -2.22. The molecular formula is C19H27N5S. The van der Waals surface area contributed by atoms with Gasteiger partial charge in [-0.2, -0.15) is 0 Å². The summed E-state index contributed by atoms with van der Waals surface area (Å²) in [5.41, 5.74) is 1.18. The van der Waals surface area contributed by atoms with E-state index in [1.54, 1.807) is 0 Å². The van der Waals surface area contributed by atoms with Crippen molar-refractivity contribution in [1.82, 2.24) is 25.4 Å². The van der Waals surface area contributed by atoms with Crippen LogP contribution in [0.2, 0.25) is 0 Å². The lowest BCUT2D eigenvalue weighted by molar-refractivity contribution is 0.365. The summed E-state index contributed by atoms with van der Waals surface area (Å²) in [4.78, 5) is 0. The van der Waals surface area contributed by atoms with Crippen LogP contribution in [-0.2, 0) is 6.42 Å². The Morgan fingerprint density at radius 3 is 2.48 bits per heavy atom. The first-order chi connectivity index (χ1) is 12.4. The second kappa shape index (κ2) is 8.34. The highest BCUT2D eigenvalue weighted by Gasteiger charge is 2.22. The highest BCUT2D eigenvalue weighted by atomic mass is 32.2. The van der Waals surface area contributed by atoms with Gasteiger partial charge in [-0.25, -0.2) is 0 Å². The van der Waals surface area contributed by atoms with Gasteiger partial charge in [0.25, 0.3) is 0 Å². The second-order valence-electron chi connectivity index (χ2n) is 7.14. The number of aromatic nitrogens is 3. The predicted octanol–water partition coefficient (Wildman–Crippen LogP) is 2.51. The monoisotopic (exact) mass is 357 g/mol. The lowest BCUT2D eigenvalue weighted by atomic mass is 9.94. The molecule has 0 unspecified atom stereocenters. The summed E-state index contributed by atoms with van der Waals surface area (Å²) in [7, 11) is 0. The molecule has 0 saturated carbocycles. The van der Waals surface area contributed by atoms with Crippen molar-refractivity contribution in [1.29, 1.82) is 0 Å². The summed E-state index contributed by atoms with van der Waals surface area (Å²) in [6, 6.07) is 10.6. The van der Waals surface area contributed by atoms with Crippen molar-refractivity contribution in [2.75, 3.05) is 31.9 Å². The van der Waals surface area contributed by atoms with E-state index in [9.17, 15) is 0 Å². The molecule has 0 aliphatic carbocycles. The van der Waals surface area contributed by atoms with E-state index < -0.39 is 0 Å². The zero-order chi connectivity index (χ0) is 16.9. The average Bonchev–Trinajstić information content (AvgIpc) is 3.31. The van der Waals surface area contributed by atoms with Crippen LogP contribution >= 0.6 is 11.8 Å². The fraction of sp³-hybridized carbons (Fsp3) is 0.579. The number of para-hydroxylation sites is 1. The van der Waals surface area contributed by atoms with Crippen molar-refractivity contribution >= 4 is 11.8 Å². The van der Waals surface area contributed by atoms with Crippen molar-refractivity contribution in [2.45, 2.75) is 30.8 Å². The average molecular weight is 358 g/mol. The topological polar surface area (TPSA) is 54.8 Å². The molecule has 2 aliphatic heterocycles. The van der Waals surface area contributed by atoms with Crippen LogP contribution in [0.1, 0.15) is 25.1 Å². The molecule has 3 heterocycles. The fourth-order valence-corrected chi connectivity index (χ4v) is 4.86. The normalized spacial score (nSPS) is 21.7. The minimum absolute atomic E-state index is 0.713. The molecule has 2 fully saturated rings. The lowest BCUT2D eigenvalue weighted by Crippen LogP contribution is -2.29. The molecule has 2 aromatic rings. The number of nitrogens with one attached hydrogen (secondary N) is 2. The highest BCUT2D eigenvalue weighted by Crippen LogP contribution is 2.27. The van der Waals surface area contributed by atoms with Crippen molar-refractivity contribution in [2.24, 2.45) is 11.8 Å². The molecule has 5 nitrogen and oxygen atoms in total. The molecule has 4 rings (SSSR count). The van der Waals surface area contributed by atoms with Gasteiger partial charge in [-0.15, -0.1) is 10.2 Å².